The summed E-state index contributed by atoms with van der Waals surface area (Å²) in [5.74, 6) is 0. The van der Waals surface area contributed by atoms with Crippen LogP contribution in [0.25, 0.3) is 66.1 Å². The first kappa shape index (κ1) is 37.3. The Morgan fingerprint density at radius 3 is 1.13 bits per heavy atom. The van der Waals surface area contributed by atoms with Crippen molar-refractivity contribution in [3.8, 4) is 44.5 Å². The van der Waals surface area contributed by atoms with Gasteiger partial charge in [0.1, 0.15) is 0 Å². The number of hydrogen-bond donors (Lipinski definition) is 0. The van der Waals surface area contributed by atoms with Crippen LogP contribution in [0, 0.1) is 0 Å². The maximum atomic E-state index is 2.56. The molecule has 0 unspecified atom stereocenters. The molecule has 1 heteroatoms. The zero-order valence-corrected chi connectivity index (χ0v) is 35.7. The summed E-state index contributed by atoms with van der Waals surface area (Å²) in [6, 6.07) is 70.9. The lowest BCUT2D eigenvalue weighted by Gasteiger charge is -2.32. The molecular formula is C60H51N. The second-order valence-corrected chi connectivity index (χ2v) is 17.2. The molecule has 9 aromatic carbocycles. The summed E-state index contributed by atoms with van der Waals surface area (Å²) in [6.07, 6.45) is 4.20. The number of anilines is 3. The Balaban J connectivity index is 1.09. The van der Waals surface area contributed by atoms with Gasteiger partial charge in [-0.25, -0.2) is 0 Å². The minimum atomic E-state index is -0.117. The van der Waals surface area contributed by atoms with Gasteiger partial charge >= 0.3 is 0 Å². The SMILES string of the molecule is CCC1(CC)c2ccccc2-c2ccc(-c3c4ccccc4c(-c4ccc5c(c4)C(CC)(CC)c4cc(N(c6ccccc6)c6ccccc6)ccc4-5)c4ccccc34)cc21. The molecule has 2 aliphatic rings. The molecule has 0 spiro atoms. The highest BCUT2D eigenvalue weighted by atomic mass is 15.1. The van der Waals surface area contributed by atoms with Gasteiger partial charge in [-0.15, -0.1) is 0 Å². The van der Waals surface area contributed by atoms with Crippen molar-refractivity contribution in [2.75, 3.05) is 4.90 Å². The maximum absolute atomic E-state index is 2.56. The monoisotopic (exact) mass is 785 g/mol. The van der Waals surface area contributed by atoms with E-state index in [9.17, 15) is 0 Å². The predicted molar refractivity (Wildman–Crippen MR) is 261 cm³/mol. The Morgan fingerprint density at radius 1 is 0.311 bits per heavy atom. The molecule has 0 aromatic heterocycles. The molecule has 61 heavy (non-hydrogen) atoms. The lowest BCUT2D eigenvalue weighted by molar-refractivity contribution is 0.490. The fourth-order valence-electron chi connectivity index (χ4n) is 11.8. The highest BCUT2D eigenvalue weighted by Gasteiger charge is 2.42. The molecule has 0 radical (unpaired) electrons. The Bertz CT molecular complexity index is 3030. The average Bonchev–Trinajstić information content (AvgIpc) is 3.77. The third kappa shape index (κ3) is 5.39. The summed E-state index contributed by atoms with van der Waals surface area (Å²) in [7, 11) is 0. The van der Waals surface area contributed by atoms with Gasteiger partial charge < -0.3 is 4.90 Å². The number of para-hydroxylation sites is 2. The molecule has 0 saturated carbocycles. The van der Waals surface area contributed by atoms with Gasteiger partial charge in [0.25, 0.3) is 0 Å². The van der Waals surface area contributed by atoms with Crippen molar-refractivity contribution < 1.29 is 0 Å². The van der Waals surface area contributed by atoms with E-state index in [-0.39, 0.29) is 10.8 Å². The van der Waals surface area contributed by atoms with E-state index in [4.69, 9.17) is 0 Å². The van der Waals surface area contributed by atoms with Crippen LogP contribution >= 0.6 is 0 Å². The van der Waals surface area contributed by atoms with Crippen LogP contribution in [0.15, 0.2) is 188 Å². The lowest BCUT2D eigenvalue weighted by atomic mass is 9.73. The minimum Gasteiger partial charge on any atom is -0.310 e. The van der Waals surface area contributed by atoms with Gasteiger partial charge in [0, 0.05) is 27.9 Å². The Kier molecular flexibility index (Phi) is 8.86. The summed E-state index contributed by atoms with van der Waals surface area (Å²) in [4.78, 5) is 2.40. The largest absolute Gasteiger partial charge is 0.310 e. The van der Waals surface area contributed by atoms with Crippen molar-refractivity contribution in [1.82, 2.24) is 0 Å². The highest BCUT2D eigenvalue weighted by Crippen LogP contribution is 2.57. The number of rotatable bonds is 9. The van der Waals surface area contributed by atoms with Gasteiger partial charge in [-0.2, -0.15) is 0 Å². The molecule has 0 heterocycles. The Hall–Kier alpha value is -6.70. The summed E-state index contributed by atoms with van der Waals surface area (Å²) in [5, 5.41) is 5.21. The number of fused-ring (bicyclic) bond motifs is 8. The standard InChI is InChI=1S/C60H51N/c1-5-59(6-2)53-30-20-19-25-45(53)46-34-31-40(37-54(46)59)57-49-26-15-17-28-51(49)58(52-29-18-16-27-50(52)57)41-32-35-47-48-36-33-44(39-56(48)60(7-3,8-4)55(47)38-41)61(42-21-11-9-12-22-42)43-23-13-10-14-24-43/h9-39H,5-8H2,1-4H3. The first-order valence-electron chi connectivity index (χ1n) is 22.4. The van der Waals surface area contributed by atoms with Gasteiger partial charge in [-0.1, -0.05) is 167 Å². The van der Waals surface area contributed by atoms with Crippen molar-refractivity contribution >= 4 is 38.6 Å². The van der Waals surface area contributed by atoms with E-state index in [1.165, 1.54) is 94.0 Å². The minimum absolute atomic E-state index is 0.0165. The van der Waals surface area contributed by atoms with Crippen molar-refractivity contribution in [3.63, 3.8) is 0 Å². The fraction of sp³-hybridized carbons (Fsp3) is 0.167. The molecule has 9 aromatic rings. The van der Waals surface area contributed by atoms with Crippen LogP contribution in [0.1, 0.15) is 75.6 Å². The van der Waals surface area contributed by atoms with Crippen molar-refractivity contribution in [2.24, 2.45) is 0 Å². The van der Waals surface area contributed by atoms with Crippen molar-refractivity contribution in [2.45, 2.75) is 64.2 Å². The summed E-state index contributed by atoms with van der Waals surface area (Å²) < 4.78 is 0. The van der Waals surface area contributed by atoms with Gasteiger partial charge in [0.05, 0.1) is 0 Å². The Morgan fingerprint density at radius 2 is 0.672 bits per heavy atom. The third-order valence-corrected chi connectivity index (χ3v) is 14.8. The molecule has 0 saturated heterocycles. The van der Waals surface area contributed by atoms with E-state index in [1.54, 1.807) is 0 Å². The van der Waals surface area contributed by atoms with Crippen LogP contribution in [0.5, 0.6) is 0 Å². The number of hydrogen-bond acceptors (Lipinski definition) is 1. The first-order valence-corrected chi connectivity index (χ1v) is 22.4. The predicted octanol–water partition coefficient (Wildman–Crippen LogP) is 17.0. The zero-order valence-electron chi connectivity index (χ0n) is 35.7. The number of nitrogens with zero attached hydrogens (tertiary/aromatic N) is 1. The molecule has 0 amide bonds. The quantitative estimate of drug-likeness (QED) is 0.132. The molecule has 0 atom stereocenters. The van der Waals surface area contributed by atoms with Crippen LogP contribution < -0.4 is 4.90 Å². The van der Waals surface area contributed by atoms with E-state index in [0.29, 0.717) is 0 Å². The molecule has 2 aliphatic carbocycles. The first-order chi connectivity index (χ1) is 30.0. The van der Waals surface area contributed by atoms with Crippen LogP contribution in [-0.2, 0) is 10.8 Å². The van der Waals surface area contributed by atoms with Gasteiger partial charge in [0.15, 0.2) is 0 Å². The Labute approximate surface area is 361 Å². The van der Waals surface area contributed by atoms with Gasteiger partial charge in [0.2, 0.25) is 0 Å². The topological polar surface area (TPSA) is 3.24 Å². The lowest BCUT2D eigenvalue weighted by Crippen LogP contribution is -2.23. The zero-order chi connectivity index (χ0) is 41.3. The van der Waals surface area contributed by atoms with Crippen molar-refractivity contribution in [3.05, 3.63) is 210 Å². The van der Waals surface area contributed by atoms with E-state index in [2.05, 4.69) is 221 Å². The molecule has 0 bridgehead atoms. The molecule has 0 fully saturated rings. The second kappa shape index (κ2) is 14.5. The van der Waals surface area contributed by atoms with E-state index in [1.807, 2.05) is 0 Å². The molecular weight excluding hydrogens is 735 g/mol. The smallest absolute Gasteiger partial charge is 0.0465 e. The summed E-state index contributed by atoms with van der Waals surface area (Å²) in [6.45, 7) is 9.50. The number of benzene rings is 9. The molecule has 0 N–H and O–H groups in total. The summed E-state index contributed by atoms with van der Waals surface area (Å²) >= 11 is 0. The second-order valence-electron chi connectivity index (χ2n) is 17.2. The molecule has 296 valence electrons. The van der Waals surface area contributed by atoms with Gasteiger partial charge in [-0.3, -0.25) is 0 Å². The third-order valence-electron chi connectivity index (χ3n) is 14.8. The molecule has 0 aliphatic heterocycles. The average molecular weight is 786 g/mol. The normalized spacial score (nSPS) is 14.1. The van der Waals surface area contributed by atoms with E-state index >= 15 is 0 Å². The van der Waals surface area contributed by atoms with Gasteiger partial charge in [-0.05, 0) is 163 Å². The van der Waals surface area contributed by atoms with Crippen LogP contribution in [0.4, 0.5) is 17.1 Å². The van der Waals surface area contributed by atoms with E-state index in [0.717, 1.165) is 37.1 Å². The molecule has 1 nitrogen and oxygen atoms in total. The van der Waals surface area contributed by atoms with E-state index < -0.39 is 0 Å². The summed E-state index contributed by atoms with van der Waals surface area (Å²) in [5.41, 5.74) is 20.0. The fourth-order valence-corrected chi connectivity index (χ4v) is 11.8. The van der Waals surface area contributed by atoms with Crippen LogP contribution in [0.2, 0.25) is 0 Å². The maximum Gasteiger partial charge on any atom is 0.0465 e. The van der Waals surface area contributed by atoms with Crippen molar-refractivity contribution in [1.29, 1.82) is 0 Å². The highest BCUT2D eigenvalue weighted by molar-refractivity contribution is 6.21. The van der Waals surface area contributed by atoms with Crippen LogP contribution in [0.3, 0.4) is 0 Å². The molecule has 11 rings (SSSR count). The van der Waals surface area contributed by atoms with Crippen LogP contribution in [-0.4, -0.2) is 0 Å².